The molecule has 0 bridgehead atoms. The summed E-state index contributed by atoms with van der Waals surface area (Å²) in [6.07, 6.45) is 2.66. The zero-order valence-corrected chi connectivity index (χ0v) is 14.6. The van der Waals surface area contributed by atoms with Crippen molar-refractivity contribution in [1.82, 2.24) is 4.98 Å². The molecule has 0 saturated carbocycles. The average Bonchev–Trinajstić information content (AvgIpc) is 2.98. The fourth-order valence-electron chi connectivity index (χ4n) is 2.60. The van der Waals surface area contributed by atoms with Gasteiger partial charge in [-0.1, -0.05) is 35.9 Å². The molecule has 0 aliphatic carbocycles. The summed E-state index contributed by atoms with van der Waals surface area (Å²) in [6.45, 7) is 4.13. The summed E-state index contributed by atoms with van der Waals surface area (Å²) in [4.78, 5) is 15.7. The van der Waals surface area contributed by atoms with Crippen molar-refractivity contribution in [2.24, 2.45) is 0 Å². The Bertz CT molecular complexity index is 891. The number of aromatic nitrogens is 1. The topological polar surface area (TPSA) is 50.2 Å². The molecule has 0 radical (unpaired) electrons. The number of carboxylic acids is 1. The molecule has 3 rings (SSSR count). The first-order valence-electron chi connectivity index (χ1n) is 7.88. The standard InChI is InChI=1S/C20H19NO2S/c1-13-7-8-14(2)16(11-13)12-15(9-10-19(22)23)20-21-17-5-3-4-6-18(17)24-20/h3-8,11-12H,9-10H2,1-2H3,(H,22,23). The predicted molar refractivity (Wildman–Crippen MR) is 100 cm³/mol. The van der Waals surface area contributed by atoms with Crippen LogP contribution in [0.4, 0.5) is 0 Å². The monoisotopic (exact) mass is 337 g/mol. The zero-order chi connectivity index (χ0) is 17.1. The first-order valence-corrected chi connectivity index (χ1v) is 8.70. The second-order valence-corrected chi connectivity index (χ2v) is 6.94. The largest absolute Gasteiger partial charge is 0.481 e. The number of rotatable bonds is 5. The van der Waals surface area contributed by atoms with Crippen LogP contribution < -0.4 is 0 Å². The molecule has 0 fully saturated rings. The third-order valence-electron chi connectivity index (χ3n) is 3.94. The number of hydrogen-bond donors (Lipinski definition) is 1. The van der Waals surface area contributed by atoms with Crippen molar-refractivity contribution in [3.8, 4) is 0 Å². The smallest absolute Gasteiger partial charge is 0.303 e. The molecule has 0 unspecified atom stereocenters. The van der Waals surface area contributed by atoms with E-state index in [0.717, 1.165) is 26.4 Å². The van der Waals surface area contributed by atoms with E-state index in [1.54, 1.807) is 11.3 Å². The Morgan fingerprint density at radius 3 is 2.71 bits per heavy atom. The number of carbonyl (C=O) groups is 1. The molecule has 0 amide bonds. The Hall–Kier alpha value is -2.46. The summed E-state index contributed by atoms with van der Waals surface area (Å²) >= 11 is 1.61. The first-order chi connectivity index (χ1) is 11.5. The van der Waals surface area contributed by atoms with Gasteiger partial charge in [-0.15, -0.1) is 11.3 Å². The van der Waals surface area contributed by atoms with Gasteiger partial charge in [0.2, 0.25) is 0 Å². The number of fused-ring (bicyclic) bond motifs is 1. The Balaban J connectivity index is 2.06. The molecule has 0 aliphatic rings. The van der Waals surface area contributed by atoms with Crippen molar-refractivity contribution >= 4 is 39.2 Å². The molecule has 1 heterocycles. The van der Waals surface area contributed by atoms with Gasteiger partial charge >= 0.3 is 5.97 Å². The van der Waals surface area contributed by atoms with E-state index in [1.807, 2.05) is 24.3 Å². The highest BCUT2D eigenvalue weighted by Gasteiger charge is 2.11. The zero-order valence-electron chi connectivity index (χ0n) is 13.7. The van der Waals surface area contributed by atoms with E-state index in [0.29, 0.717) is 6.42 Å². The lowest BCUT2D eigenvalue weighted by molar-refractivity contribution is -0.136. The third-order valence-corrected chi connectivity index (χ3v) is 5.05. The second-order valence-electron chi connectivity index (χ2n) is 5.91. The van der Waals surface area contributed by atoms with Crippen molar-refractivity contribution < 1.29 is 9.90 Å². The Morgan fingerprint density at radius 1 is 1.17 bits per heavy atom. The van der Waals surface area contributed by atoms with Crippen LogP contribution >= 0.6 is 11.3 Å². The highest BCUT2D eigenvalue weighted by molar-refractivity contribution is 7.19. The molecule has 0 spiro atoms. The Labute approximate surface area is 145 Å². The Kier molecular flexibility index (Phi) is 4.76. The quantitative estimate of drug-likeness (QED) is 0.685. The normalized spacial score (nSPS) is 11.8. The van der Waals surface area contributed by atoms with Crippen LogP contribution in [0.2, 0.25) is 0 Å². The van der Waals surface area contributed by atoms with Crippen molar-refractivity contribution in [2.45, 2.75) is 26.7 Å². The molecule has 24 heavy (non-hydrogen) atoms. The van der Waals surface area contributed by atoms with Gasteiger partial charge in [-0.25, -0.2) is 4.98 Å². The summed E-state index contributed by atoms with van der Waals surface area (Å²) in [7, 11) is 0. The molecule has 0 atom stereocenters. The van der Waals surface area contributed by atoms with Gasteiger partial charge in [-0.3, -0.25) is 4.79 Å². The molecule has 0 aliphatic heterocycles. The van der Waals surface area contributed by atoms with Crippen LogP contribution in [-0.2, 0) is 4.79 Å². The van der Waals surface area contributed by atoms with E-state index in [2.05, 4.69) is 38.1 Å². The molecule has 1 aromatic heterocycles. The number of aliphatic carboxylic acids is 1. The molecule has 4 heteroatoms. The van der Waals surface area contributed by atoms with Crippen molar-refractivity contribution in [2.75, 3.05) is 0 Å². The van der Waals surface area contributed by atoms with E-state index in [4.69, 9.17) is 10.1 Å². The number of hydrogen-bond acceptors (Lipinski definition) is 3. The van der Waals surface area contributed by atoms with Crippen LogP contribution in [0.1, 0.15) is 34.5 Å². The number of thiazole rings is 1. The van der Waals surface area contributed by atoms with Crippen LogP contribution in [0.5, 0.6) is 0 Å². The minimum atomic E-state index is -0.789. The molecule has 0 saturated heterocycles. The summed E-state index contributed by atoms with van der Waals surface area (Å²) in [6, 6.07) is 14.3. The van der Waals surface area contributed by atoms with Gasteiger partial charge < -0.3 is 5.11 Å². The maximum atomic E-state index is 11.0. The van der Waals surface area contributed by atoms with E-state index in [1.165, 1.54) is 11.1 Å². The SMILES string of the molecule is Cc1ccc(C)c(C=C(CCC(=O)O)c2nc3ccccc3s2)c1. The average molecular weight is 337 g/mol. The van der Waals surface area contributed by atoms with Crippen LogP contribution in [-0.4, -0.2) is 16.1 Å². The second kappa shape index (κ2) is 6.97. The van der Waals surface area contributed by atoms with Gasteiger partial charge in [0.15, 0.2) is 0 Å². The summed E-state index contributed by atoms with van der Waals surface area (Å²) in [5.41, 5.74) is 5.42. The lowest BCUT2D eigenvalue weighted by Crippen LogP contribution is -1.96. The molecular formula is C20H19NO2S. The number of para-hydroxylation sites is 1. The highest BCUT2D eigenvalue weighted by atomic mass is 32.1. The summed E-state index contributed by atoms with van der Waals surface area (Å²) in [5, 5.41) is 9.97. The maximum Gasteiger partial charge on any atom is 0.303 e. The number of carboxylic acid groups (broad SMARTS) is 1. The van der Waals surface area contributed by atoms with Gasteiger partial charge in [0.05, 0.1) is 10.2 Å². The molecule has 3 nitrogen and oxygen atoms in total. The van der Waals surface area contributed by atoms with Gasteiger partial charge in [0.1, 0.15) is 5.01 Å². The molecule has 122 valence electrons. The summed E-state index contributed by atoms with van der Waals surface area (Å²) < 4.78 is 1.12. The molecule has 2 aromatic carbocycles. The molecular weight excluding hydrogens is 318 g/mol. The van der Waals surface area contributed by atoms with Gasteiger partial charge in [0.25, 0.3) is 0 Å². The van der Waals surface area contributed by atoms with Crippen LogP contribution in [0.25, 0.3) is 21.9 Å². The fraction of sp³-hybridized carbons (Fsp3) is 0.200. The number of nitrogens with zero attached hydrogens (tertiary/aromatic N) is 1. The number of aryl methyl sites for hydroxylation is 2. The van der Waals surface area contributed by atoms with Crippen LogP contribution in [0.15, 0.2) is 42.5 Å². The van der Waals surface area contributed by atoms with E-state index < -0.39 is 5.97 Å². The van der Waals surface area contributed by atoms with Gasteiger partial charge in [-0.05, 0) is 55.2 Å². The van der Waals surface area contributed by atoms with E-state index >= 15 is 0 Å². The van der Waals surface area contributed by atoms with Crippen molar-refractivity contribution in [1.29, 1.82) is 0 Å². The van der Waals surface area contributed by atoms with E-state index in [9.17, 15) is 4.79 Å². The van der Waals surface area contributed by atoms with Crippen LogP contribution in [0, 0.1) is 13.8 Å². The van der Waals surface area contributed by atoms with Gasteiger partial charge in [0, 0.05) is 6.42 Å². The summed E-state index contributed by atoms with van der Waals surface area (Å²) in [5.74, 6) is -0.789. The number of allylic oxidation sites excluding steroid dienone is 1. The lowest BCUT2D eigenvalue weighted by atomic mass is 10.0. The molecule has 1 N–H and O–H groups in total. The predicted octanol–water partition coefficient (Wildman–Crippen LogP) is 5.32. The fourth-order valence-corrected chi connectivity index (χ4v) is 3.60. The number of benzene rings is 2. The highest BCUT2D eigenvalue weighted by Crippen LogP contribution is 2.31. The van der Waals surface area contributed by atoms with Gasteiger partial charge in [-0.2, -0.15) is 0 Å². The lowest BCUT2D eigenvalue weighted by Gasteiger charge is -2.06. The van der Waals surface area contributed by atoms with Crippen molar-refractivity contribution in [3.05, 3.63) is 64.2 Å². The minimum absolute atomic E-state index is 0.104. The minimum Gasteiger partial charge on any atom is -0.481 e. The van der Waals surface area contributed by atoms with E-state index in [-0.39, 0.29) is 6.42 Å². The van der Waals surface area contributed by atoms with Crippen LogP contribution in [0.3, 0.4) is 0 Å². The third kappa shape index (κ3) is 3.71. The van der Waals surface area contributed by atoms with Crippen molar-refractivity contribution in [3.63, 3.8) is 0 Å². The maximum absolute atomic E-state index is 11.0. The first kappa shape index (κ1) is 16.4. The molecule has 3 aromatic rings. The Morgan fingerprint density at radius 2 is 1.96 bits per heavy atom.